The number of carbonyl (C=O) groups is 2. The molecule has 2 aromatic rings. The molecule has 1 aliphatic heterocycles. The maximum Gasteiger partial charge on any atom is 0.317 e. The van der Waals surface area contributed by atoms with Crippen molar-refractivity contribution in [3.63, 3.8) is 0 Å². The third-order valence-corrected chi connectivity index (χ3v) is 4.41. The first kappa shape index (κ1) is 17.0. The quantitative estimate of drug-likeness (QED) is 0.911. The van der Waals surface area contributed by atoms with Crippen molar-refractivity contribution >= 4 is 11.9 Å². The minimum Gasteiger partial charge on any atom is -0.339 e. The number of rotatable bonds is 4. The molecular weight excluding hydrogens is 318 g/mol. The van der Waals surface area contributed by atoms with Crippen LogP contribution < -0.4 is 5.32 Å². The molecule has 1 saturated heterocycles. The van der Waals surface area contributed by atoms with Crippen LogP contribution in [0.5, 0.6) is 0 Å². The van der Waals surface area contributed by atoms with E-state index in [9.17, 15) is 9.59 Å². The van der Waals surface area contributed by atoms with E-state index in [-0.39, 0.29) is 11.9 Å². The Balaban J connectivity index is 1.42. The van der Waals surface area contributed by atoms with E-state index in [0.29, 0.717) is 32.7 Å². The summed E-state index contributed by atoms with van der Waals surface area (Å²) in [4.78, 5) is 27.0. The number of hydrogen-bond acceptors (Lipinski definition) is 3. The number of benzene rings is 1. The average Bonchev–Trinajstić information content (AvgIpc) is 3.17. The van der Waals surface area contributed by atoms with Gasteiger partial charge in [0.25, 0.3) is 0 Å². The highest BCUT2D eigenvalue weighted by Gasteiger charge is 2.21. The maximum atomic E-state index is 12.2. The van der Waals surface area contributed by atoms with Gasteiger partial charge in [-0.05, 0) is 30.2 Å². The number of carbonyl (C=O) groups excluding carboxylic acids is 2. The zero-order chi connectivity index (χ0) is 17.6. The molecule has 2 heterocycles. The molecule has 0 unspecified atom stereocenters. The molecule has 7 heteroatoms. The zero-order valence-electron chi connectivity index (χ0n) is 14.4. The molecule has 1 aliphatic rings. The van der Waals surface area contributed by atoms with Gasteiger partial charge in [0.15, 0.2) is 0 Å². The van der Waals surface area contributed by atoms with Crippen LogP contribution in [0.2, 0.25) is 0 Å². The summed E-state index contributed by atoms with van der Waals surface area (Å²) in [6, 6.07) is 9.97. The van der Waals surface area contributed by atoms with Crippen LogP contribution in [0.4, 0.5) is 4.79 Å². The lowest BCUT2D eigenvalue weighted by Gasteiger charge is -2.34. The Kier molecular flexibility index (Phi) is 5.33. The molecule has 0 bridgehead atoms. The third kappa shape index (κ3) is 4.37. The molecule has 1 fully saturated rings. The van der Waals surface area contributed by atoms with Gasteiger partial charge in [-0.2, -0.15) is 5.10 Å². The molecule has 1 N–H and O–H groups in total. The second-order valence-electron chi connectivity index (χ2n) is 6.09. The van der Waals surface area contributed by atoms with Gasteiger partial charge in [-0.25, -0.2) is 9.48 Å². The Morgan fingerprint density at radius 2 is 1.76 bits per heavy atom. The van der Waals surface area contributed by atoms with Gasteiger partial charge >= 0.3 is 6.03 Å². The molecule has 0 radical (unpaired) electrons. The van der Waals surface area contributed by atoms with Crippen molar-refractivity contribution in [3.05, 3.63) is 48.3 Å². The van der Waals surface area contributed by atoms with Crippen LogP contribution in [0.15, 0.2) is 42.7 Å². The van der Waals surface area contributed by atoms with Gasteiger partial charge in [-0.15, -0.1) is 0 Å². The second kappa shape index (κ2) is 7.83. The Labute approximate surface area is 147 Å². The topological polar surface area (TPSA) is 70.5 Å². The highest BCUT2D eigenvalue weighted by atomic mass is 16.2. The van der Waals surface area contributed by atoms with Gasteiger partial charge in [-0.1, -0.05) is 12.1 Å². The van der Waals surface area contributed by atoms with Crippen LogP contribution in [0, 0.1) is 0 Å². The van der Waals surface area contributed by atoms with Crippen molar-refractivity contribution in [1.29, 1.82) is 0 Å². The number of urea groups is 1. The lowest BCUT2D eigenvalue weighted by atomic mass is 10.1. The van der Waals surface area contributed by atoms with Gasteiger partial charge in [0.2, 0.25) is 5.91 Å². The SMILES string of the molecule is CC(=O)N1CCN(C(=O)NCCc2ccc(-n3cccn3)cc2)CC1. The summed E-state index contributed by atoms with van der Waals surface area (Å²) in [5.41, 5.74) is 2.18. The summed E-state index contributed by atoms with van der Waals surface area (Å²) in [6.07, 6.45) is 4.43. The molecule has 132 valence electrons. The van der Waals surface area contributed by atoms with Crippen LogP contribution in [-0.2, 0) is 11.2 Å². The number of hydrogen-bond donors (Lipinski definition) is 1. The highest BCUT2D eigenvalue weighted by Crippen LogP contribution is 2.09. The standard InChI is InChI=1S/C18H23N5O2/c1-15(24)21-11-13-22(14-12-21)18(25)19-9-7-16-3-5-17(6-4-16)23-10-2-8-20-23/h2-6,8,10H,7,9,11-14H2,1H3,(H,19,25). The molecule has 3 rings (SSSR count). The summed E-state index contributed by atoms with van der Waals surface area (Å²) in [5.74, 6) is 0.0682. The van der Waals surface area contributed by atoms with E-state index >= 15 is 0 Å². The van der Waals surface area contributed by atoms with Gasteiger partial charge in [0, 0.05) is 52.0 Å². The Morgan fingerprint density at radius 1 is 1.08 bits per heavy atom. The Morgan fingerprint density at radius 3 is 2.36 bits per heavy atom. The van der Waals surface area contributed by atoms with Crippen molar-refractivity contribution in [1.82, 2.24) is 24.9 Å². The predicted molar refractivity (Wildman–Crippen MR) is 94.5 cm³/mol. The van der Waals surface area contributed by atoms with Crippen molar-refractivity contribution < 1.29 is 9.59 Å². The largest absolute Gasteiger partial charge is 0.339 e. The molecule has 0 saturated carbocycles. The molecule has 0 atom stereocenters. The van der Waals surface area contributed by atoms with Gasteiger partial charge in [0.1, 0.15) is 0 Å². The molecule has 25 heavy (non-hydrogen) atoms. The monoisotopic (exact) mass is 341 g/mol. The fourth-order valence-corrected chi connectivity index (χ4v) is 2.89. The smallest absolute Gasteiger partial charge is 0.317 e. The summed E-state index contributed by atoms with van der Waals surface area (Å²) in [7, 11) is 0. The molecular formula is C18H23N5O2. The molecule has 3 amide bonds. The minimum atomic E-state index is -0.0589. The molecule has 0 aliphatic carbocycles. The summed E-state index contributed by atoms with van der Waals surface area (Å²) in [6.45, 7) is 4.55. The van der Waals surface area contributed by atoms with Crippen molar-refractivity contribution in [2.75, 3.05) is 32.7 Å². The first-order valence-electron chi connectivity index (χ1n) is 8.51. The molecule has 0 spiro atoms. The van der Waals surface area contributed by atoms with Gasteiger partial charge < -0.3 is 15.1 Å². The molecule has 1 aromatic heterocycles. The lowest BCUT2D eigenvalue weighted by Crippen LogP contribution is -2.52. The van der Waals surface area contributed by atoms with Gasteiger partial charge in [-0.3, -0.25) is 4.79 Å². The average molecular weight is 341 g/mol. The Bertz CT molecular complexity index is 704. The predicted octanol–water partition coefficient (Wildman–Crippen LogP) is 1.29. The van der Waals surface area contributed by atoms with E-state index < -0.39 is 0 Å². The van der Waals surface area contributed by atoms with Gasteiger partial charge in [0.05, 0.1) is 5.69 Å². The normalized spacial score (nSPS) is 14.4. The lowest BCUT2D eigenvalue weighted by molar-refractivity contribution is -0.130. The van der Waals surface area contributed by atoms with Crippen LogP contribution in [0.3, 0.4) is 0 Å². The maximum absolute atomic E-state index is 12.2. The first-order valence-corrected chi connectivity index (χ1v) is 8.51. The summed E-state index contributed by atoms with van der Waals surface area (Å²) in [5, 5.41) is 7.15. The number of aromatic nitrogens is 2. The van der Waals surface area contributed by atoms with E-state index in [1.165, 1.54) is 0 Å². The molecule has 7 nitrogen and oxygen atoms in total. The van der Waals surface area contributed by atoms with Crippen molar-refractivity contribution in [2.24, 2.45) is 0 Å². The van der Waals surface area contributed by atoms with E-state index in [1.807, 2.05) is 29.1 Å². The molecule has 1 aromatic carbocycles. The highest BCUT2D eigenvalue weighted by molar-refractivity contribution is 5.76. The number of piperazine rings is 1. The van der Waals surface area contributed by atoms with Crippen LogP contribution in [-0.4, -0.2) is 64.2 Å². The first-order chi connectivity index (χ1) is 12.1. The van der Waals surface area contributed by atoms with Crippen molar-refractivity contribution in [3.8, 4) is 5.69 Å². The third-order valence-electron chi connectivity index (χ3n) is 4.41. The van der Waals surface area contributed by atoms with Crippen LogP contribution in [0.1, 0.15) is 12.5 Å². The van der Waals surface area contributed by atoms with E-state index in [4.69, 9.17) is 0 Å². The fourth-order valence-electron chi connectivity index (χ4n) is 2.89. The van der Waals surface area contributed by atoms with Crippen molar-refractivity contribution in [2.45, 2.75) is 13.3 Å². The van der Waals surface area contributed by atoms with Crippen LogP contribution >= 0.6 is 0 Å². The van der Waals surface area contributed by atoms with E-state index in [2.05, 4.69) is 22.5 Å². The fraction of sp³-hybridized carbons (Fsp3) is 0.389. The Hall–Kier alpha value is -2.83. The summed E-state index contributed by atoms with van der Waals surface area (Å²) < 4.78 is 1.81. The minimum absolute atomic E-state index is 0.0589. The van der Waals surface area contributed by atoms with E-state index in [0.717, 1.165) is 17.7 Å². The van der Waals surface area contributed by atoms with E-state index in [1.54, 1.807) is 22.9 Å². The van der Waals surface area contributed by atoms with Crippen LogP contribution in [0.25, 0.3) is 5.69 Å². The zero-order valence-corrected chi connectivity index (χ0v) is 14.4. The second-order valence-corrected chi connectivity index (χ2v) is 6.09. The number of nitrogens with zero attached hydrogens (tertiary/aromatic N) is 4. The number of amides is 3. The summed E-state index contributed by atoms with van der Waals surface area (Å²) >= 11 is 0. The number of nitrogens with one attached hydrogen (secondary N) is 1.